The summed E-state index contributed by atoms with van der Waals surface area (Å²) in [6.45, 7) is 6.72. The lowest BCUT2D eigenvalue weighted by atomic mass is 10.0. The van der Waals surface area contributed by atoms with E-state index >= 15 is 0 Å². The van der Waals surface area contributed by atoms with Crippen LogP contribution in [0.2, 0.25) is 0 Å². The Morgan fingerprint density at radius 3 is 2.67 bits per heavy atom. The van der Waals surface area contributed by atoms with Crippen LogP contribution >= 0.6 is 0 Å². The van der Waals surface area contributed by atoms with Crippen molar-refractivity contribution in [1.29, 1.82) is 0 Å². The number of nitrogens with two attached hydrogens (primary N) is 1. The summed E-state index contributed by atoms with van der Waals surface area (Å²) in [6.07, 6.45) is 6.33. The fraction of sp³-hybridized carbons (Fsp3) is 0.667. The molecule has 1 fully saturated rings. The smallest absolute Gasteiger partial charge is 0.0524 e. The number of ether oxygens (including phenoxy) is 1. The van der Waals surface area contributed by atoms with E-state index in [1.807, 2.05) is 26.0 Å². The molecule has 0 spiro atoms. The van der Waals surface area contributed by atoms with Gasteiger partial charge in [0.1, 0.15) is 0 Å². The molecule has 1 aliphatic rings. The largest absolute Gasteiger partial charge is 0.401 e. The van der Waals surface area contributed by atoms with E-state index in [0.717, 1.165) is 49.9 Å². The van der Waals surface area contributed by atoms with Crippen molar-refractivity contribution in [2.45, 2.75) is 26.7 Å². The van der Waals surface area contributed by atoms with Crippen molar-refractivity contribution < 1.29 is 4.74 Å². The van der Waals surface area contributed by atoms with Crippen molar-refractivity contribution in [3.8, 4) is 0 Å². The van der Waals surface area contributed by atoms with Crippen LogP contribution in [0.15, 0.2) is 23.5 Å². The first-order chi connectivity index (χ1) is 7.24. The molecule has 3 heteroatoms. The van der Waals surface area contributed by atoms with Crippen molar-refractivity contribution >= 4 is 0 Å². The highest BCUT2D eigenvalue weighted by atomic mass is 16.5. The highest BCUT2D eigenvalue weighted by Crippen LogP contribution is 2.14. The third-order valence-corrected chi connectivity index (χ3v) is 2.68. The first-order valence-corrected chi connectivity index (χ1v) is 5.64. The molecular formula is C12H22N2O. The van der Waals surface area contributed by atoms with Gasteiger partial charge in [-0.15, -0.1) is 0 Å². The molecule has 0 saturated carbocycles. The first kappa shape index (κ1) is 12.1. The predicted molar refractivity (Wildman–Crippen MR) is 63.2 cm³/mol. The number of rotatable bonds is 4. The van der Waals surface area contributed by atoms with Crippen molar-refractivity contribution in [3.05, 3.63) is 23.5 Å². The van der Waals surface area contributed by atoms with Crippen molar-refractivity contribution in [1.82, 2.24) is 5.32 Å². The molecule has 86 valence electrons. The summed E-state index contributed by atoms with van der Waals surface area (Å²) in [7, 11) is 0. The lowest BCUT2D eigenvalue weighted by Gasteiger charge is -2.23. The molecule has 0 aromatic carbocycles. The van der Waals surface area contributed by atoms with Crippen LogP contribution < -0.4 is 11.1 Å². The van der Waals surface area contributed by atoms with E-state index in [1.165, 1.54) is 0 Å². The zero-order chi connectivity index (χ0) is 11.1. The zero-order valence-electron chi connectivity index (χ0n) is 9.75. The fourth-order valence-corrected chi connectivity index (χ4v) is 1.70. The second-order valence-corrected chi connectivity index (χ2v) is 4.03. The van der Waals surface area contributed by atoms with Crippen molar-refractivity contribution in [3.63, 3.8) is 0 Å². The van der Waals surface area contributed by atoms with Crippen LogP contribution in [0.3, 0.4) is 0 Å². The molecular weight excluding hydrogens is 188 g/mol. The third-order valence-electron chi connectivity index (χ3n) is 2.68. The van der Waals surface area contributed by atoms with Crippen molar-refractivity contribution in [2.75, 3.05) is 19.8 Å². The SMILES string of the molecule is C/C=C\C(NCC1CCOCC1)=C(/C)N. The Balaban J connectivity index is 2.36. The van der Waals surface area contributed by atoms with Gasteiger partial charge in [-0.05, 0) is 38.7 Å². The summed E-state index contributed by atoms with van der Waals surface area (Å²) in [5.74, 6) is 0.721. The molecule has 1 saturated heterocycles. The average Bonchev–Trinajstić information content (AvgIpc) is 2.25. The van der Waals surface area contributed by atoms with Crippen LogP contribution in [0, 0.1) is 5.92 Å². The minimum atomic E-state index is 0.721. The maximum atomic E-state index is 5.78. The van der Waals surface area contributed by atoms with Crippen LogP contribution in [0.25, 0.3) is 0 Å². The molecule has 1 aliphatic heterocycles. The maximum Gasteiger partial charge on any atom is 0.0524 e. The molecule has 15 heavy (non-hydrogen) atoms. The Kier molecular flexibility index (Phi) is 5.26. The summed E-state index contributed by atoms with van der Waals surface area (Å²) < 4.78 is 5.32. The summed E-state index contributed by atoms with van der Waals surface area (Å²) in [5.41, 5.74) is 7.67. The molecule has 0 amide bonds. The van der Waals surface area contributed by atoms with Crippen LogP contribution in [0.5, 0.6) is 0 Å². The zero-order valence-corrected chi connectivity index (χ0v) is 9.75. The first-order valence-electron chi connectivity index (χ1n) is 5.64. The van der Waals surface area contributed by atoms with Crippen LogP contribution in [-0.4, -0.2) is 19.8 Å². The van der Waals surface area contributed by atoms with Gasteiger partial charge in [0.2, 0.25) is 0 Å². The fourth-order valence-electron chi connectivity index (χ4n) is 1.70. The molecule has 0 radical (unpaired) electrons. The Labute approximate surface area is 92.4 Å². The summed E-state index contributed by atoms with van der Waals surface area (Å²) in [5, 5.41) is 3.40. The van der Waals surface area contributed by atoms with Gasteiger partial charge in [0.15, 0.2) is 0 Å². The number of hydrogen-bond donors (Lipinski definition) is 2. The minimum absolute atomic E-state index is 0.721. The van der Waals surface area contributed by atoms with Gasteiger partial charge in [-0.2, -0.15) is 0 Å². The molecule has 3 nitrogen and oxygen atoms in total. The van der Waals surface area contributed by atoms with E-state index < -0.39 is 0 Å². The van der Waals surface area contributed by atoms with E-state index in [1.54, 1.807) is 0 Å². The number of allylic oxidation sites excluding steroid dienone is 3. The Hall–Kier alpha value is -0.960. The summed E-state index contributed by atoms with van der Waals surface area (Å²) >= 11 is 0. The number of nitrogens with one attached hydrogen (secondary N) is 1. The average molecular weight is 210 g/mol. The van der Waals surface area contributed by atoms with Gasteiger partial charge in [-0.1, -0.05) is 6.08 Å². The molecule has 0 bridgehead atoms. The van der Waals surface area contributed by atoms with E-state index in [9.17, 15) is 0 Å². The van der Waals surface area contributed by atoms with Crippen LogP contribution in [-0.2, 0) is 4.74 Å². The van der Waals surface area contributed by atoms with Gasteiger partial charge in [-0.3, -0.25) is 0 Å². The van der Waals surface area contributed by atoms with Gasteiger partial charge < -0.3 is 15.8 Å². The second kappa shape index (κ2) is 6.51. The molecule has 0 aliphatic carbocycles. The Morgan fingerprint density at radius 1 is 1.47 bits per heavy atom. The normalized spacial score (nSPS) is 20.4. The Morgan fingerprint density at radius 2 is 2.13 bits per heavy atom. The standard InChI is InChI=1S/C12H22N2O/c1-3-4-12(10(2)13)14-9-11-5-7-15-8-6-11/h3-4,11,14H,5-9,13H2,1-2H3/b4-3-,12-10-. The van der Waals surface area contributed by atoms with Crippen LogP contribution in [0.4, 0.5) is 0 Å². The predicted octanol–water partition coefficient (Wildman–Crippen LogP) is 1.77. The van der Waals surface area contributed by atoms with Gasteiger partial charge in [0, 0.05) is 25.5 Å². The topological polar surface area (TPSA) is 47.3 Å². The van der Waals surface area contributed by atoms with E-state index in [0.29, 0.717) is 0 Å². The molecule has 0 atom stereocenters. The second-order valence-electron chi connectivity index (χ2n) is 4.03. The van der Waals surface area contributed by atoms with E-state index in [-0.39, 0.29) is 0 Å². The van der Waals surface area contributed by atoms with Crippen LogP contribution in [0.1, 0.15) is 26.7 Å². The summed E-state index contributed by atoms with van der Waals surface area (Å²) in [6, 6.07) is 0. The third kappa shape index (κ3) is 4.38. The molecule has 3 N–H and O–H groups in total. The minimum Gasteiger partial charge on any atom is -0.401 e. The lowest BCUT2D eigenvalue weighted by molar-refractivity contribution is 0.0671. The quantitative estimate of drug-likeness (QED) is 0.695. The van der Waals surface area contributed by atoms with Gasteiger partial charge in [0.05, 0.1) is 5.70 Å². The van der Waals surface area contributed by atoms with E-state index in [2.05, 4.69) is 5.32 Å². The maximum absolute atomic E-state index is 5.78. The monoisotopic (exact) mass is 210 g/mol. The highest BCUT2D eigenvalue weighted by molar-refractivity contribution is 5.20. The molecule has 0 unspecified atom stereocenters. The van der Waals surface area contributed by atoms with Gasteiger partial charge in [-0.25, -0.2) is 0 Å². The van der Waals surface area contributed by atoms with E-state index in [4.69, 9.17) is 10.5 Å². The molecule has 1 rings (SSSR count). The Bertz CT molecular complexity index is 236. The lowest BCUT2D eigenvalue weighted by Crippen LogP contribution is -2.28. The molecule has 1 heterocycles. The highest BCUT2D eigenvalue weighted by Gasteiger charge is 2.13. The number of hydrogen-bond acceptors (Lipinski definition) is 3. The van der Waals surface area contributed by atoms with Gasteiger partial charge in [0.25, 0.3) is 0 Å². The van der Waals surface area contributed by atoms with Gasteiger partial charge >= 0.3 is 0 Å². The molecule has 0 aromatic heterocycles. The molecule has 0 aromatic rings. The summed E-state index contributed by atoms with van der Waals surface area (Å²) in [4.78, 5) is 0. The van der Waals surface area contributed by atoms with Crippen molar-refractivity contribution in [2.24, 2.45) is 11.7 Å².